The van der Waals surface area contributed by atoms with E-state index < -0.39 is 0 Å². The Hall–Kier alpha value is -0.180. The van der Waals surface area contributed by atoms with Crippen molar-refractivity contribution in [2.75, 3.05) is 11.5 Å². The molecule has 0 bridgehead atoms. The predicted molar refractivity (Wildman–Crippen MR) is 67.2 cm³/mol. The summed E-state index contributed by atoms with van der Waals surface area (Å²) < 4.78 is 0. The Morgan fingerprint density at radius 2 is 1.86 bits per heavy atom. The van der Waals surface area contributed by atoms with Crippen molar-refractivity contribution < 1.29 is 0 Å². The van der Waals surface area contributed by atoms with E-state index in [1.54, 1.807) is 0 Å². The number of unbranched alkanes of at least 4 members (excludes halogenated alkanes) is 1. The third kappa shape index (κ3) is 6.30. The molecule has 0 aromatic carbocycles. The van der Waals surface area contributed by atoms with Crippen LogP contribution in [0.2, 0.25) is 0 Å². The number of hydrogen-bond acceptors (Lipinski definition) is 2. The lowest BCUT2D eigenvalue weighted by Gasteiger charge is -2.22. The van der Waals surface area contributed by atoms with Crippen LogP contribution in [0.5, 0.6) is 0 Å². The molecule has 0 atom stereocenters. The maximum Gasteiger partial charge on any atom is 0.0963 e. The Morgan fingerprint density at radius 3 is 2.36 bits per heavy atom. The molecule has 0 aromatic heterocycles. The molecule has 0 aromatic rings. The molecule has 0 fully saturated rings. The van der Waals surface area contributed by atoms with Crippen molar-refractivity contribution >= 4 is 17.6 Å². The van der Waals surface area contributed by atoms with Gasteiger partial charge in [0.1, 0.15) is 0 Å². The van der Waals surface area contributed by atoms with E-state index in [9.17, 15) is 0 Å². The number of rotatable bonds is 8. The fourth-order valence-electron chi connectivity index (χ4n) is 1.10. The van der Waals surface area contributed by atoms with Gasteiger partial charge in [-0.2, -0.15) is 11.8 Å². The van der Waals surface area contributed by atoms with Gasteiger partial charge >= 0.3 is 0 Å². The lowest BCUT2D eigenvalue weighted by molar-refractivity contribution is 0.464. The molecule has 0 unspecified atom stereocenters. The van der Waals surface area contributed by atoms with Crippen LogP contribution in [0.25, 0.3) is 0 Å². The van der Waals surface area contributed by atoms with Gasteiger partial charge in [-0.3, -0.25) is 5.41 Å². The first-order valence-electron chi connectivity index (χ1n) is 5.43. The van der Waals surface area contributed by atoms with Crippen LogP contribution in [-0.4, -0.2) is 17.3 Å². The summed E-state index contributed by atoms with van der Waals surface area (Å²) in [4.78, 5) is 0. The molecule has 0 aliphatic heterocycles. The summed E-state index contributed by atoms with van der Waals surface area (Å²) in [6, 6.07) is 0. The standard InChI is InChI=1S/C11H24N2S/c1-4-5-8-14-9-6-7-11(2,3)10(12)13/h4-9H2,1-3H3,(H3,12,13). The van der Waals surface area contributed by atoms with E-state index in [4.69, 9.17) is 11.1 Å². The van der Waals surface area contributed by atoms with Crippen molar-refractivity contribution in [1.29, 1.82) is 5.41 Å². The highest BCUT2D eigenvalue weighted by Crippen LogP contribution is 2.23. The molecule has 0 saturated carbocycles. The molecule has 0 amide bonds. The minimum absolute atomic E-state index is 0.106. The molecule has 0 aliphatic carbocycles. The highest BCUT2D eigenvalue weighted by Gasteiger charge is 2.20. The SMILES string of the molecule is CCCCSCCCC(C)(C)C(=N)N. The van der Waals surface area contributed by atoms with Crippen LogP contribution in [0.4, 0.5) is 0 Å². The average molecular weight is 216 g/mol. The lowest BCUT2D eigenvalue weighted by atomic mass is 9.87. The van der Waals surface area contributed by atoms with Crippen LogP contribution in [0, 0.1) is 10.8 Å². The third-order valence-corrected chi connectivity index (χ3v) is 3.62. The predicted octanol–water partition coefficient (Wildman–Crippen LogP) is 3.26. The quantitative estimate of drug-likeness (QED) is 0.372. The fourth-order valence-corrected chi connectivity index (χ4v) is 2.14. The number of hydrogen-bond donors (Lipinski definition) is 2. The Bertz CT molecular complexity index is 167. The molecule has 3 N–H and O–H groups in total. The number of amidine groups is 1. The monoisotopic (exact) mass is 216 g/mol. The van der Waals surface area contributed by atoms with Gasteiger partial charge in [-0.25, -0.2) is 0 Å². The van der Waals surface area contributed by atoms with E-state index in [1.807, 2.05) is 25.6 Å². The van der Waals surface area contributed by atoms with Crippen LogP contribution in [0.15, 0.2) is 0 Å². The molecular formula is C11H24N2S. The van der Waals surface area contributed by atoms with Crippen LogP contribution in [-0.2, 0) is 0 Å². The van der Waals surface area contributed by atoms with E-state index in [2.05, 4.69) is 6.92 Å². The number of nitrogens with two attached hydrogens (primary N) is 1. The van der Waals surface area contributed by atoms with Gasteiger partial charge in [0.25, 0.3) is 0 Å². The summed E-state index contributed by atoms with van der Waals surface area (Å²) in [5, 5.41) is 7.41. The zero-order valence-electron chi connectivity index (χ0n) is 9.73. The van der Waals surface area contributed by atoms with E-state index >= 15 is 0 Å². The Morgan fingerprint density at radius 1 is 1.29 bits per heavy atom. The van der Waals surface area contributed by atoms with Gasteiger partial charge in [-0.1, -0.05) is 27.2 Å². The molecule has 14 heavy (non-hydrogen) atoms. The third-order valence-electron chi connectivity index (χ3n) is 2.46. The minimum Gasteiger partial charge on any atom is -0.387 e. The van der Waals surface area contributed by atoms with Crippen molar-refractivity contribution in [3.63, 3.8) is 0 Å². The molecule has 3 heteroatoms. The zero-order valence-corrected chi connectivity index (χ0v) is 10.5. The molecule has 0 spiro atoms. The highest BCUT2D eigenvalue weighted by atomic mass is 32.2. The van der Waals surface area contributed by atoms with Crippen LogP contribution in [0.1, 0.15) is 46.5 Å². The summed E-state index contributed by atoms with van der Waals surface area (Å²) >= 11 is 2.02. The van der Waals surface area contributed by atoms with Crippen molar-refractivity contribution in [1.82, 2.24) is 0 Å². The molecule has 2 nitrogen and oxygen atoms in total. The zero-order chi connectivity index (χ0) is 11.0. The van der Waals surface area contributed by atoms with Crippen molar-refractivity contribution in [3.8, 4) is 0 Å². The first-order chi connectivity index (χ1) is 6.50. The van der Waals surface area contributed by atoms with Gasteiger partial charge in [-0.05, 0) is 30.8 Å². The molecule has 84 valence electrons. The Balaban J connectivity index is 3.40. The largest absolute Gasteiger partial charge is 0.387 e. The van der Waals surface area contributed by atoms with Crippen LogP contribution in [0.3, 0.4) is 0 Å². The lowest BCUT2D eigenvalue weighted by Crippen LogP contribution is -2.30. The van der Waals surface area contributed by atoms with E-state index in [0.717, 1.165) is 6.42 Å². The summed E-state index contributed by atoms with van der Waals surface area (Å²) in [7, 11) is 0. The normalized spacial score (nSPS) is 11.6. The van der Waals surface area contributed by atoms with E-state index in [1.165, 1.54) is 30.8 Å². The minimum atomic E-state index is -0.106. The average Bonchev–Trinajstić information content (AvgIpc) is 2.10. The number of thioether (sulfide) groups is 1. The van der Waals surface area contributed by atoms with Crippen molar-refractivity contribution in [3.05, 3.63) is 0 Å². The van der Waals surface area contributed by atoms with Gasteiger partial charge < -0.3 is 5.73 Å². The smallest absolute Gasteiger partial charge is 0.0963 e. The van der Waals surface area contributed by atoms with E-state index in [-0.39, 0.29) is 5.41 Å². The molecule has 0 heterocycles. The second-order valence-electron chi connectivity index (χ2n) is 4.37. The summed E-state index contributed by atoms with van der Waals surface area (Å²) in [5.74, 6) is 2.80. The molecule has 0 rings (SSSR count). The maximum absolute atomic E-state index is 7.41. The van der Waals surface area contributed by atoms with Gasteiger partial charge in [-0.15, -0.1) is 0 Å². The molecule has 0 aliphatic rings. The Labute approximate surface area is 92.5 Å². The summed E-state index contributed by atoms with van der Waals surface area (Å²) in [6.45, 7) is 6.32. The topological polar surface area (TPSA) is 49.9 Å². The second-order valence-corrected chi connectivity index (χ2v) is 5.59. The first-order valence-corrected chi connectivity index (χ1v) is 6.58. The number of nitrogens with one attached hydrogen (secondary N) is 1. The fraction of sp³-hybridized carbons (Fsp3) is 0.909. The molecular weight excluding hydrogens is 192 g/mol. The van der Waals surface area contributed by atoms with Crippen LogP contribution < -0.4 is 5.73 Å². The van der Waals surface area contributed by atoms with Crippen molar-refractivity contribution in [2.24, 2.45) is 11.1 Å². The summed E-state index contributed by atoms with van der Waals surface area (Å²) in [6.07, 6.45) is 4.80. The van der Waals surface area contributed by atoms with Crippen LogP contribution >= 0.6 is 11.8 Å². The Kier molecular flexibility index (Phi) is 7.06. The second kappa shape index (κ2) is 7.16. The van der Waals surface area contributed by atoms with E-state index in [0.29, 0.717) is 5.84 Å². The molecule has 0 saturated heterocycles. The first kappa shape index (κ1) is 13.8. The highest BCUT2D eigenvalue weighted by molar-refractivity contribution is 7.99. The summed E-state index contributed by atoms with van der Waals surface area (Å²) in [5.41, 5.74) is 5.40. The van der Waals surface area contributed by atoms with Gasteiger partial charge in [0.2, 0.25) is 0 Å². The van der Waals surface area contributed by atoms with Gasteiger partial charge in [0.05, 0.1) is 5.84 Å². The van der Waals surface area contributed by atoms with Gasteiger partial charge in [0.15, 0.2) is 0 Å². The van der Waals surface area contributed by atoms with Crippen molar-refractivity contribution in [2.45, 2.75) is 46.5 Å². The maximum atomic E-state index is 7.41. The molecule has 0 radical (unpaired) electrons. The van der Waals surface area contributed by atoms with Gasteiger partial charge in [0, 0.05) is 5.41 Å².